The highest BCUT2D eigenvalue weighted by Gasteiger charge is 2.42. The fourth-order valence-electron chi connectivity index (χ4n) is 3.11. The van der Waals surface area contributed by atoms with Crippen molar-refractivity contribution in [3.05, 3.63) is 41.0 Å². The number of amidine groups is 1. The first-order valence-electron chi connectivity index (χ1n) is 10.5. The standard InChI is InChI=1S/C22H26N4O9S/c1-26(2)11-10-23-21(30)14-12-36(34-16(27)8-9-17(28)35-36)22(24-14)25-20(29)13-6-7-15(31-3)19(33-5)18(13)32-4/h6-9,12H,10-11H2,1-5H3,(H,23,30)(H,24,25,29). The second-order valence-electron chi connectivity index (χ2n) is 7.50. The number of ether oxygens (including phenoxy) is 3. The molecule has 1 spiro atoms. The van der Waals surface area contributed by atoms with Gasteiger partial charge in [0.15, 0.2) is 11.5 Å². The van der Waals surface area contributed by atoms with Crippen LogP contribution in [0.5, 0.6) is 17.2 Å². The van der Waals surface area contributed by atoms with Crippen LogP contribution in [-0.4, -0.2) is 82.3 Å². The molecule has 194 valence electrons. The van der Waals surface area contributed by atoms with Crippen LogP contribution >= 0.6 is 10.6 Å². The molecule has 1 aromatic carbocycles. The van der Waals surface area contributed by atoms with E-state index in [9.17, 15) is 19.2 Å². The molecular formula is C22H26N4O9S. The maximum absolute atomic E-state index is 13.3. The number of carbonyl (C=O) groups excluding carboxylic acids is 4. The van der Waals surface area contributed by atoms with Crippen molar-refractivity contribution in [2.45, 2.75) is 0 Å². The van der Waals surface area contributed by atoms with Crippen molar-refractivity contribution in [3.63, 3.8) is 0 Å². The minimum atomic E-state index is -3.40. The first kappa shape index (κ1) is 26.6. The van der Waals surface area contributed by atoms with Crippen LogP contribution in [0, 0.1) is 0 Å². The number of benzene rings is 1. The van der Waals surface area contributed by atoms with Gasteiger partial charge in [0.05, 0.1) is 32.3 Å². The molecule has 0 unspecified atom stereocenters. The van der Waals surface area contributed by atoms with Crippen LogP contribution in [0.25, 0.3) is 0 Å². The molecular weight excluding hydrogens is 496 g/mol. The van der Waals surface area contributed by atoms with Crippen molar-refractivity contribution in [1.82, 2.24) is 15.5 Å². The van der Waals surface area contributed by atoms with Gasteiger partial charge in [-0.2, -0.15) is 0 Å². The number of likely N-dealkylation sites (N-methyl/N-ethyl adjacent to an activating group) is 1. The van der Waals surface area contributed by atoms with Crippen molar-refractivity contribution < 1.29 is 41.8 Å². The quantitative estimate of drug-likeness (QED) is 0.497. The molecule has 0 bridgehead atoms. The third-order valence-corrected chi connectivity index (χ3v) is 6.86. The SMILES string of the molecule is COc1ccc(C(=O)NC2=NC(C(=O)NCCN(C)C)=CS23OC(=O)C=CC(=O)O3)c(OC)c1OC. The minimum absolute atomic E-state index is 0.0145. The fourth-order valence-corrected chi connectivity index (χ4v) is 5.03. The molecule has 0 fully saturated rings. The summed E-state index contributed by atoms with van der Waals surface area (Å²) in [5.74, 6) is -2.64. The molecule has 0 aromatic heterocycles. The minimum Gasteiger partial charge on any atom is -0.493 e. The number of rotatable bonds is 8. The summed E-state index contributed by atoms with van der Waals surface area (Å²) in [7, 11) is 4.43. The first-order valence-corrected chi connectivity index (χ1v) is 12.0. The van der Waals surface area contributed by atoms with Gasteiger partial charge in [-0.3, -0.25) is 14.9 Å². The normalized spacial score (nSPS) is 16.8. The summed E-state index contributed by atoms with van der Waals surface area (Å²) >= 11 is 0. The zero-order chi connectivity index (χ0) is 26.5. The Hall–Kier alpha value is -4.04. The summed E-state index contributed by atoms with van der Waals surface area (Å²) in [6.45, 7) is 0.851. The molecule has 14 heteroatoms. The Bertz CT molecular complexity index is 1160. The van der Waals surface area contributed by atoms with Crippen molar-refractivity contribution in [3.8, 4) is 17.2 Å². The zero-order valence-corrected chi connectivity index (χ0v) is 21.1. The lowest BCUT2D eigenvalue weighted by atomic mass is 10.1. The van der Waals surface area contributed by atoms with E-state index in [2.05, 4.69) is 15.6 Å². The number of amides is 2. The second-order valence-corrected chi connectivity index (χ2v) is 9.54. The van der Waals surface area contributed by atoms with Crippen LogP contribution in [-0.2, 0) is 22.7 Å². The van der Waals surface area contributed by atoms with Crippen LogP contribution in [0.2, 0.25) is 0 Å². The van der Waals surface area contributed by atoms with Crippen molar-refractivity contribution in [2.75, 3.05) is 48.5 Å². The summed E-state index contributed by atoms with van der Waals surface area (Å²) in [6.07, 6.45) is 1.76. The maximum Gasteiger partial charge on any atom is 0.354 e. The van der Waals surface area contributed by atoms with Crippen molar-refractivity contribution in [2.24, 2.45) is 4.99 Å². The second kappa shape index (κ2) is 11.1. The number of aliphatic imine (C=N–C) groups is 1. The lowest BCUT2D eigenvalue weighted by Gasteiger charge is -2.34. The van der Waals surface area contributed by atoms with Gasteiger partial charge < -0.3 is 32.8 Å². The van der Waals surface area contributed by atoms with Gasteiger partial charge in [0.25, 0.3) is 11.8 Å². The lowest BCUT2D eigenvalue weighted by Crippen LogP contribution is -2.35. The molecule has 0 saturated carbocycles. The number of carbonyl (C=O) groups is 4. The molecule has 0 radical (unpaired) electrons. The highest BCUT2D eigenvalue weighted by molar-refractivity contribution is 8.41. The Balaban J connectivity index is 1.97. The van der Waals surface area contributed by atoms with E-state index in [0.717, 1.165) is 17.6 Å². The molecule has 1 aromatic rings. The largest absolute Gasteiger partial charge is 0.493 e. The molecule has 2 N–H and O–H groups in total. The number of hydrogen-bond donors (Lipinski definition) is 2. The van der Waals surface area contributed by atoms with Crippen LogP contribution in [0.1, 0.15) is 10.4 Å². The topological polar surface area (TPSA) is 154 Å². The summed E-state index contributed by atoms with van der Waals surface area (Å²) < 4.78 is 26.6. The van der Waals surface area contributed by atoms with Gasteiger partial charge in [-0.25, -0.2) is 14.6 Å². The number of nitrogens with zero attached hydrogens (tertiary/aromatic N) is 2. The molecule has 2 aliphatic rings. The van der Waals surface area contributed by atoms with E-state index < -0.39 is 34.3 Å². The Kier molecular flexibility index (Phi) is 8.22. The van der Waals surface area contributed by atoms with Crippen LogP contribution < -0.4 is 24.8 Å². The molecule has 0 aliphatic carbocycles. The Morgan fingerprint density at radius 2 is 1.61 bits per heavy atom. The predicted octanol–water partition coefficient (Wildman–Crippen LogP) is 0.622. The first-order chi connectivity index (χ1) is 17.1. The van der Waals surface area contributed by atoms with E-state index in [-0.39, 0.29) is 27.9 Å². The van der Waals surface area contributed by atoms with Gasteiger partial charge in [0, 0.05) is 25.2 Å². The van der Waals surface area contributed by atoms with Crippen LogP contribution in [0.4, 0.5) is 0 Å². The Morgan fingerprint density at radius 1 is 0.972 bits per heavy atom. The molecule has 2 aliphatic heterocycles. The lowest BCUT2D eigenvalue weighted by molar-refractivity contribution is -0.129. The average molecular weight is 523 g/mol. The van der Waals surface area contributed by atoms with Gasteiger partial charge in [0.2, 0.25) is 10.9 Å². The molecule has 36 heavy (non-hydrogen) atoms. The van der Waals surface area contributed by atoms with Crippen LogP contribution in [0.3, 0.4) is 0 Å². The third kappa shape index (κ3) is 5.60. The number of nitrogens with one attached hydrogen (secondary N) is 2. The predicted molar refractivity (Wildman–Crippen MR) is 130 cm³/mol. The fraction of sp³-hybridized carbons (Fsp3) is 0.318. The van der Waals surface area contributed by atoms with Gasteiger partial charge >= 0.3 is 11.9 Å². The van der Waals surface area contributed by atoms with Crippen LogP contribution in [0.15, 0.2) is 40.4 Å². The highest BCUT2D eigenvalue weighted by Crippen LogP contribution is 2.58. The van der Waals surface area contributed by atoms with E-state index in [1.807, 2.05) is 19.0 Å². The van der Waals surface area contributed by atoms with E-state index in [4.69, 9.17) is 22.6 Å². The summed E-state index contributed by atoms with van der Waals surface area (Å²) in [6, 6.07) is 2.91. The number of methoxy groups -OCH3 is 3. The van der Waals surface area contributed by atoms with Gasteiger partial charge in [-0.05, 0) is 36.8 Å². The summed E-state index contributed by atoms with van der Waals surface area (Å²) in [5.41, 5.74) is -0.179. The zero-order valence-electron chi connectivity index (χ0n) is 20.3. The summed E-state index contributed by atoms with van der Waals surface area (Å²) in [5, 5.41) is 5.96. The van der Waals surface area contributed by atoms with E-state index in [1.54, 1.807) is 0 Å². The smallest absolute Gasteiger partial charge is 0.354 e. The molecule has 0 atom stereocenters. The molecule has 2 amide bonds. The Morgan fingerprint density at radius 3 is 2.17 bits per heavy atom. The summed E-state index contributed by atoms with van der Waals surface area (Å²) in [4.78, 5) is 56.4. The molecule has 13 nitrogen and oxygen atoms in total. The Labute approximate surface area is 208 Å². The highest BCUT2D eigenvalue weighted by atomic mass is 32.3. The van der Waals surface area contributed by atoms with Gasteiger partial charge in [-0.15, -0.1) is 0 Å². The van der Waals surface area contributed by atoms with Gasteiger partial charge in [0.1, 0.15) is 5.70 Å². The monoisotopic (exact) mass is 522 g/mol. The van der Waals surface area contributed by atoms with E-state index in [1.165, 1.54) is 33.5 Å². The average Bonchev–Trinajstić information content (AvgIpc) is 3.09. The van der Waals surface area contributed by atoms with Crippen molar-refractivity contribution >= 4 is 39.5 Å². The van der Waals surface area contributed by atoms with Crippen molar-refractivity contribution in [1.29, 1.82) is 0 Å². The third-order valence-electron chi connectivity index (χ3n) is 4.77. The van der Waals surface area contributed by atoms with E-state index in [0.29, 0.717) is 18.8 Å². The van der Waals surface area contributed by atoms with E-state index >= 15 is 0 Å². The molecule has 0 saturated heterocycles. The molecule has 3 rings (SSSR count). The maximum atomic E-state index is 13.3. The number of hydrogen-bond acceptors (Lipinski definition) is 11. The molecule has 2 heterocycles. The van der Waals surface area contributed by atoms with Gasteiger partial charge in [-0.1, -0.05) is 0 Å².